The summed E-state index contributed by atoms with van der Waals surface area (Å²) >= 11 is 5.86. The maximum Gasteiger partial charge on any atom is 0.227 e. The maximum absolute atomic E-state index is 12.1. The van der Waals surface area contributed by atoms with E-state index in [0.29, 0.717) is 24.4 Å². The molecule has 3 rings (SSSR count). The molecule has 0 atom stereocenters. The highest BCUT2D eigenvalue weighted by molar-refractivity contribution is 6.30. The Labute approximate surface area is 152 Å². The van der Waals surface area contributed by atoms with Crippen LogP contribution in [-0.4, -0.2) is 24.9 Å². The normalized spacial score (nSPS) is 14.0. The molecule has 0 saturated carbocycles. The van der Waals surface area contributed by atoms with Crippen molar-refractivity contribution in [2.45, 2.75) is 25.7 Å². The topological polar surface area (TPSA) is 49.4 Å². The zero-order chi connectivity index (χ0) is 17.6. The lowest BCUT2D eigenvalue weighted by Gasteiger charge is -2.15. The first-order valence-electron chi connectivity index (χ1n) is 8.52. The summed E-state index contributed by atoms with van der Waals surface area (Å²) < 4.78 is 0. The van der Waals surface area contributed by atoms with Gasteiger partial charge in [-0.25, -0.2) is 0 Å². The maximum atomic E-state index is 12.1. The lowest BCUT2D eigenvalue weighted by atomic mass is 10.1. The van der Waals surface area contributed by atoms with Crippen molar-refractivity contribution in [3.8, 4) is 0 Å². The number of nitrogens with one attached hydrogen (secondary N) is 1. The largest absolute Gasteiger partial charge is 0.355 e. The fourth-order valence-corrected chi connectivity index (χ4v) is 3.09. The smallest absolute Gasteiger partial charge is 0.227 e. The fourth-order valence-electron chi connectivity index (χ4n) is 2.96. The van der Waals surface area contributed by atoms with E-state index in [4.69, 9.17) is 11.6 Å². The Morgan fingerprint density at radius 1 is 1.04 bits per heavy atom. The number of nitrogens with zero attached hydrogens (tertiary/aromatic N) is 1. The Kier molecular flexibility index (Phi) is 5.71. The van der Waals surface area contributed by atoms with Crippen molar-refractivity contribution < 1.29 is 9.59 Å². The lowest BCUT2D eigenvalue weighted by Crippen LogP contribution is -2.27. The van der Waals surface area contributed by atoms with Crippen LogP contribution in [0.4, 0.5) is 5.69 Å². The summed E-state index contributed by atoms with van der Waals surface area (Å²) in [5.74, 6) is 0.173. The van der Waals surface area contributed by atoms with Crippen LogP contribution in [0.2, 0.25) is 5.02 Å². The molecule has 130 valence electrons. The number of carbonyl (C=O) groups is 2. The average Bonchev–Trinajstić information content (AvgIpc) is 3.03. The van der Waals surface area contributed by atoms with Crippen LogP contribution in [0.1, 0.15) is 24.0 Å². The summed E-state index contributed by atoms with van der Waals surface area (Å²) in [6, 6.07) is 15.3. The molecule has 2 amide bonds. The summed E-state index contributed by atoms with van der Waals surface area (Å²) in [4.78, 5) is 25.6. The van der Waals surface area contributed by atoms with Crippen molar-refractivity contribution in [1.29, 1.82) is 0 Å². The second-order valence-corrected chi connectivity index (χ2v) is 6.66. The molecular weight excluding hydrogens is 336 g/mol. The van der Waals surface area contributed by atoms with Crippen LogP contribution in [0.25, 0.3) is 0 Å². The van der Waals surface area contributed by atoms with Gasteiger partial charge in [-0.2, -0.15) is 0 Å². The predicted molar refractivity (Wildman–Crippen MR) is 99.9 cm³/mol. The molecule has 5 heteroatoms. The van der Waals surface area contributed by atoms with Gasteiger partial charge in [-0.15, -0.1) is 0 Å². The molecule has 1 N–H and O–H groups in total. The van der Waals surface area contributed by atoms with E-state index in [1.165, 1.54) is 0 Å². The zero-order valence-corrected chi connectivity index (χ0v) is 14.8. The van der Waals surface area contributed by atoms with E-state index in [0.717, 1.165) is 36.2 Å². The third kappa shape index (κ3) is 4.83. The Morgan fingerprint density at radius 2 is 1.72 bits per heavy atom. The van der Waals surface area contributed by atoms with Gasteiger partial charge in [-0.05, 0) is 48.2 Å². The predicted octanol–water partition coefficient (Wildman–Crippen LogP) is 3.37. The first-order chi connectivity index (χ1) is 12.1. The van der Waals surface area contributed by atoms with E-state index >= 15 is 0 Å². The molecular formula is C20H21ClN2O2. The van der Waals surface area contributed by atoms with Gasteiger partial charge in [0.05, 0.1) is 6.42 Å². The van der Waals surface area contributed by atoms with Crippen molar-refractivity contribution in [3.63, 3.8) is 0 Å². The van der Waals surface area contributed by atoms with E-state index in [-0.39, 0.29) is 11.8 Å². The third-order valence-corrected chi connectivity index (χ3v) is 4.59. The fraction of sp³-hybridized carbons (Fsp3) is 0.300. The minimum Gasteiger partial charge on any atom is -0.355 e. The quantitative estimate of drug-likeness (QED) is 0.862. The minimum atomic E-state index is -0.000961. The monoisotopic (exact) mass is 356 g/mol. The number of amides is 2. The molecule has 0 aliphatic carbocycles. The molecule has 1 saturated heterocycles. The molecule has 4 nitrogen and oxygen atoms in total. The Balaban J connectivity index is 1.46. The number of hydrogen-bond acceptors (Lipinski definition) is 2. The van der Waals surface area contributed by atoms with Gasteiger partial charge in [0.1, 0.15) is 0 Å². The molecule has 0 unspecified atom stereocenters. The van der Waals surface area contributed by atoms with Crippen LogP contribution < -0.4 is 10.2 Å². The molecule has 0 spiro atoms. The van der Waals surface area contributed by atoms with E-state index < -0.39 is 0 Å². The summed E-state index contributed by atoms with van der Waals surface area (Å²) in [7, 11) is 0. The highest BCUT2D eigenvalue weighted by Crippen LogP contribution is 2.21. The van der Waals surface area contributed by atoms with Gasteiger partial charge >= 0.3 is 0 Å². The van der Waals surface area contributed by atoms with Crippen LogP contribution in [0.3, 0.4) is 0 Å². The highest BCUT2D eigenvalue weighted by atomic mass is 35.5. The van der Waals surface area contributed by atoms with Crippen molar-refractivity contribution in [2.75, 3.05) is 18.0 Å². The molecule has 0 radical (unpaired) electrons. The number of halogens is 1. The van der Waals surface area contributed by atoms with Crippen LogP contribution >= 0.6 is 11.6 Å². The van der Waals surface area contributed by atoms with Gasteiger partial charge in [0.2, 0.25) is 11.8 Å². The Morgan fingerprint density at radius 3 is 2.36 bits per heavy atom. The summed E-state index contributed by atoms with van der Waals surface area (Å²) in [6.45, 7) is 1.38. The van der Waals surface area contributed by atoms with Crippen molar-refractivity contribution in [2.24, 2.45) is 0 Å². The molecule has 1 aliphatic rings. The van der Waals surface area contributed by atoms with Crippen LogP contribution in [0.15, 0.2) is 48.5 Å². The molecule has 2 aromatic rings. The van der Waals surface area contributed by atoms with Crippen molar-refractivity contribution >= 4 is 29.1 Å². The van der Waals surface area contributed by atoms with E-state index in [2.05, 4.69) is 5.32 Å². The second-order valence-electron chi connectivity index (χ2n) is 6.22. The Bertz CT molecular complexity index is 741. The number of anilines is 1. The number of carbonyl (C=O) groups excluding carboxylic acids is 2. The molecule has 1 heterocycles. The number of rotatable bonds is 6. The van der Waals surface area contributed by atoms with Gasteiger partial charge in [0, 0.05) is 30.2 Å². The van der Waals surface area contributed by atoms with Gasteiger partial charge in [0.15, 0.2) is 0 Å². The van der Waals surface area contributed by atoms with E-state index in [1.807, 2.05) is 48.5 Å². The average molecular weight is 357 g/mol. The standard InChI is InChI=1S/C20H21ClN2O2/c21-17-7-3-15(4-8-17)11-12-22-19(24)14-16-5-9-18(10-6-16)23-13-1-2-20(23)25/h3-10H,1-2,11-14H2,(H,22,24). The SMILES string of the molecule is O=C(Cc1ccc(N2CCCC2=O)cc1)NCCc1ccc(Cl)cc1. The molecule has 0 bridgehead atoms. The van der Waals surface area contributed by atoms with Gasteiger partial charge in [-0.3, -0.25) is 9.59 Å². The van der Waals surface area contributed by atoms with Crippen molar-refractivity contribution in [3.05, 3.63) is 64.7 Å². The van der Waals surface area contributed by atoms with Gasteiger partial charge in [0.25, 0.3) is 0 Å². The third-order valence-electron chi connectivity index (χ3n) is 4.34. The number of benzene rings is 2. The van der Waals surface area contributed by atoms with Gasteiger partial charge in [-0.1, -0.05) is 35.9 Å². The molecule has 2 aromatic carbocycles. The zero-order valence-electron chi connectivity index (χ0n) is 14.0. The van der Waals surface area contributed by atoms with Crippen molar-refractivity contribution in [1.82, 2.24) is 5.32 Å². The Hall–Kier alpha value is -2.33. The van der Waals surface area contributed by atoms with E-state index in [1.54, 1.807) is 4.90 Å². The summed E-state index contributed by atoms with van der Waals surface area (Å²) in [5, 5.41) is 3.65. The van der Waals surface area contributed by atoms with Gasteiger partial charge < -0.3 is 10.2 Å². The molecule has 1 fully saturated rings. The summed E-state index contributed by atoms with van der Waals surface area (Å²) in [5.41, 5.74) is 3.00. The molecule has 0 aromatic heterocycles. The highest BCUT2D eigenvalue weighted by Gasteiger charge is 2.21. The molecule has 1 aliphatic heterocycles. The first-order valence-corrected chi connectivity index (χ1v) is 8.90. The summed E-state index contributed by atoms with van der Waals surface area (Å²) in [6.07, 6.45) is 2.65. The lowest BCUT2D eigenvalue weighted by molar-refractivity contribution is -0.120. The van der Waals surface area contributed by atoms with E-state index in [9.17, 15) is 9.59 Å². The van der Waals surface area contributed by atoms with Crippen LogP contribution in [-0.2, 0) is 22.4 Å². The first kappa shape index (κ1) is 17.5. The number of hydrogen-bond donors (Lipinski definition) is 1. The second kappa shape index (κ2) is 8.17. The van der Waals surface area contributed by atoms with Crippen LogP contribution in [0.5, 0.6) is 0 Å². The van der Waals surface area contributed by atoms with Crippen LogP contribution in [0, 0.1) is 0 Å². The minimum absolute atomic E-state index is 0.000961. The molecule has 25 heavy (non-hydrogen) atoms.